The van der Waals surface area contributed by atoms with Crippen LogP contribution in [0, 0.1) is 5.41 Å². The zero-order valence-corrected chi connectivity index (χ0v) is 22.7. The molecule has 0 bridgehead atoms. The van der Waals surface area contributed by atoms with Crippen LogP contribution in [-0.4, -0.2) is 35.1 Å². The van der Waals surface area contributed by atoms with Crippen molar-refractivity contribution >= 4 is 51.4 Å². The summed E-state index contributed by atoms with van der Waals surface area (Å²) in [5.74, 6) is -0.586. The summed E-state index contributed by atoms with van der Waals surface area (Å²) in [6.45, 7) is 6.53. The molecule has 13 heteroatoms. The minimum Gasteiger partial charge on any atom is -0.506 e. The maximum absolute atomic E-state index is 13.5. The Morgan fingerprint density at radius 2 is 1.97 bits per heavy atom. The largest absolute Gasteiger partial charge is 0.506 e. The second-order valence-electron chi connectivity index (χ2n) is 9.81. The van der Waals surface area contributed by atoms with Crippen molar-refractivity contribution in [2.24, 2.45) is 10.2 Å². The normalized spacial score (nSPS) is 17.8. The van der Waals surface area contributed by atoms with Crippen LogP contribution >= 0.6 is 18.9 Å². The molecule has 0 radical (unpaired) electrons. The number of aryl methyl sites for hydroxylation is 1. The maximum atomic E-state index is 13.5. The number of benzene rings is 1. The number of anilines is 2. The Bertz CT molecular complexity index is 1570. The van der Waals surface area contributed by atoms with Gasteiger partial charge in [-0.05, 0) is 52.4 Å². The van der Waals surface area contributed by atoms with Gasteiger partial charge in [-0.2, -0.15) is 16.1 Å². The highest BCUT2D eigenvalue weighted by Gasteiger charge is 2.34. The monoisotopic (exact) mass is 550 g/mol. The summed E-state index contributed by atoms with van der Waals surface area (Å²) in [5.41, 5.74) is 0.535. The van der Waals surface area contributed by atoms with E-state index < -0.39 is 23.1 Å². The van der Waals surface area contributed by atoms with E-state index in [4.69, 9.17) is 0 Å². The van der Waals surface area contributed by atoms with Gasteiger partial charge in [0.1, 0.15) is 11.3 Å². The molecule has 10 nitrogen and oxygen atoms in total. The van der Waals surface area contributed by atoms with Gasteiger partial charge in [0.2, 0.25) is 10.0 Å². The number of thiophene rings is 1. The quantitative estimate of drug-likeness (QED) is 0.341. The Balaban J connectivity index is 1.86. The summed E-state index contributed by atoms with van der Waals surface area (Å²) in [4.78, 5) is 24.3. The van der Waals surface area contributed by atoms with E-state index in [0.717, 1.165) is 6.26 Å². The van der Waals surface area contributed by atoms with Gasteiger partial charge in [-0.15, -0.1) is 0 Å². The predicted octanol–water partition coefficient (Wildman–Crippen LogP) is 3.77. The van der Waals surface area contributed by atoms with Crippen LogP contribution < -0.4 is 20.9 Å². The number of fused-ring (bicyclic) bond motifs is 1. The van der Waals surface area contributed by atoms with Gasteiger partial charge in [0.25, 0.3) is 5.56 Å². The molecule has 3 heterocycles. The van der Waals surface area contributed by atoms with Gasteiger partial charge in [-0.25, -0.2) is 8.42 Å². The molecule has 192 valence electrons. The molecule has 0 spiro atoms. The molecule has 1 aliphatic rings. The molecule has 3 aromatic rings. The molecule has 1 aliphatic heterocycles. The Morgan fingerprint density at radius 3 is 2.58 bits per heavy atom. The first-order valence-corrected chi connectivity index (χ1v) is 15.4. The SMILES string of the molecule is CC(C)(C)CCn1cc(-c2ccsc2)c(O)c(C2=NP(=O)(O)c3cc(NS(C)(=O)=O)ccc3N2)c1=O. The van der Waals surface area contributed by atoms with Crippen LogP contribution in [0.3, 0.4) is 0 Å². The summed E-state index contributed by atoms with van der Waals surface area (Å²) >= 11 is 1.43. The van der Waals surface area contributed by atoms with Crippen LogP contribution in [0.2, 0.25) is 0 Å². The minimum atomic E-state index is -4.43. The summed E-state index contributed by atoms with van der Waals surface area (Å²) in [5, 5.41) is 17.6. The van der Waals surface area contributed by atoms with Crippen molar-refractivity contribution < 1.29 is 23.0 Å². The van der Waals surface area contributed by atoms with Crippen molar-refractivity contribution in [2.45, 2.75) is 33.7 Å². The molecule has 0 aliphatic carbocycles. The van der Waals surface area contributed by atoms with E-state index in [1.54, 1.807) is 12.3 Å². The number of sulfonamides is 1. The molecule has 0 amide bonds. The second-order valence-corrected chi connectivity index (χ2v) is 14.1. The lowest BCUT2D eigenvalue weighted by atomic mass is 9.92. The topological polar surface area (TPSA) is 150 Å². The van der Waals surface area contributed by atoms with Crippen molar-refractivity contribution in [3.8, 4) is 16.9 Å². The third-order valence-electron chi connectivity index (χ3n) is 5.53. The van der Waals surface area contributed by atoms with Crippen LogP contribution in [0.15, 0.2) is 50.8 Å². The number of hydrogen-bond donors (Lipinski definition) is 4. The number of amidine groups is 1. The lowest BCUT2D eigenvalue weighted by Crippen LogP contribution is -2.33. The predicted molar refractivity (Wildman–Crippen MR) is 144 cm³/mol. The Hall–Kier alpha value is -2.92. The Morgan fingerprint density at radius 1 is 1.25 bits per heavy atom. The van der Waals surface area contributed by atoms with Crippen molar-refractivity contribution in [2.75, 3.05) is 16.3 Å². The smallest absolute Gasteiger partial charge is 0.346 e. The molecule has 4 N–H and O–H groups in total. The number of nitrogens with zero attached hydrogens (tertiary/aromatic N) is 2. The van der Waals surface area contributed by atoms with Crippen molar-refractivity contribution in [1.29, 1.82) is 0 Å². The lowest BCUT2D eigenvalue weighted by Gasteiger charge is -2.24. The maximum Gasteiger partial charge on any atom is 0.346 e. The average Bonchev–Trinajstić information content (AvgIpc) is 3.26. The average molecular weight is 551 g/mol. The first kappa shape index (κ1) is 26.2. The van der Waals surface area contributed by atoms with Crippen LogP contribution in [0.4, 0.5) is 11.4 Å². The number of aromatic nitrogens is 1. The van der Waals surface area contributed by atoms with Crippen LogP contribution in [-0.2, 0) is 21.1 Å². The number of pyridine rings is 1. The van der Waals surface area contributed by atoms with E-state index in [1.807, 2.05) is 10.8 Å². The molecular weight excluding hydrogens is 523 g/mol. The number of hydrogen-bond acceptors (Lipinski definition) is 7. The third kappa shape index (κ3) is 5.57. The molecule has 4 rings (SSSR count). The summed E-state index contributed by atoms with van der Waals surface area (Å²) < 4.78 is 44.0. The second kappa shape index (κ2) is 9.19. The molecule has 0 saturated heterocycles. The van der Waals surface area contributed by atoms with Crippen LogP contribution in [0.25, 0.3) is 11.1 Å². The molecule has 0 saturated carbocycles. The fourth-order valence-electron chi connectivity index (χ4n) is 3.73. The van der Waals surface area contributed by atoms with E-state index in [9.17, 15) is 27.8 Å². The zero-order chi connectivity index (χ0) is 26.5. The first-order chi connectivity index (χ1) is 16.6. The highest BCUT2D eigenvalue weighted by Crippen LogP contribution is 2.48. The molecule has 2 aromatic heterocycles. The molecular formula is C23H27N4O6PS2. The summed E-state index contributed by atoms with van der Waals surface area (Å²) in [7, 11) is -8.04. The summed E-state index contributed by atoms with van der Waals surface area (Å²) in [6.07, 6.45) is 3.24. The summed E-state index contributed by atoms with van der Waals surface area (Å²) in [6, 6.07) is 5.85. The highest BCUT2D eigenvalue weighted by atomic mass is 32.2. The van der Waals surface area contributed by atoms with Gasteiger partial charge in [0.15, 0.2) is 5.84 Å². The van der Waals surface area contributed by atoms with Gasteiger partial charge in [0, 0.05) is 24.0 Å². The molecule has 1 atom stereocenters. The lowest BCUT2D eigenvalue weighted by molar-refractivity contribution is 0.347. The fraction of sp³-hybridized carbons (Fsp3) is 0.304. The van der Waals surface area contributed by atoms with Crippen molar-refractivity contribution in [1.82, 2.24) is 4.57 Å². The number of rotatable bonds is 6. The Kier molecular flexibility index (Phi) is 6.67. The van der Waals surface area contributed by atoms with Gasteiger partial charge in [-0.3, -0.25) is 14.1 Å². The molecule has 1 aromatic carbocycles. The van der Waals surface area contributed by atoms with E-state index in [0.29, 0.717) is 24.1 Å². The van der Waals surface area contributed by atoms with E-state index in [2.05, 4.69) is 35.6 Å². The van der Waals surface area contributed by atoms with Gasteiger partial charge >= 0.3 is 7.52 Å². The zero-order valence-electron chi connectivity index (χ0n) is 20.1. The Labute approximate surface area is 212 Å². The van der Waals surface area contributed by atoms with E-state index >= 15 is 0 Å². The third-order valence-corrected chi connectivity index (χ3v) is 8.29. The minimum absolute atomic E-state index is 0.0574. The fourth-order valence-corrected chi connectivity index (χ4v) is 6.22. The van der Waals surface area contributed by atoms with E-state index in [1.165, 1.54) is 34.1 Å². The van der Waals surface area contributed by atoms with Gasteiger partial charge < -0.3 is 19.9 Å². The molecule has 36 heavy (non-hydrogen) atoms. The first-order valence-electron chi connectivity index (χ1n) is 11.0. The molecule has 0 fully saturated rings. The standard InChI is InChI=1S/C23H27N4O6PS2/c1-23(2,3)8-9-27-12-16(14-7-10-35-13-14)20(28)19(22(27)29)21-24-17-6-5-15(26-36(4,32)33)11-18(17)34(30,31)25-21/h5-7,10-13,26,28H,8-9H2,1-4H3,(H2,24,25,30,31). The van der Waals surface area contributed by atoms with E-state index in [-0.39, 0.29) is 39.2 Å². The number of nitrogens with one attached hydrogen (secondary N) is 2. The van der Waals surface area contributed by atoms with Crippen LogP contribution in [0.5, 0.6) is 5.75 Å². The van der Waals surface area contributed by atoms with Gasteiger partial charge in [-0.1, -0.05) is 20.8 Å². The number of aromatic hydroxyl groups is 1. The van der Waals surface area contributed by atoms with Gasteiger partial charge in [0.05, 0.1) is 17.2 Å². The van der Waals surface area contributed by atoms with Crippen LogP contribution in [0.1, 0.15) is 32.8 Å². The van der Waals surface area contributed by atoms with Crippen molar-refractivity contribution in [3.05, 3.63) is 57.1 Å². The highest BCUT2D eigenvalue weighted by molar-refractivity contribution is 7.92. The van der Waals surface area contributed by atoms with Crippen molar-refractivity contribution in [3.63, 3.8) is 0 Å². The molecule has 1 unspecified atom stereocenters.